The van der Waals surface area contributed by atoms with Gasteiger partial charge >= 0.3 is 0 Å². The standard InChI is InChI=1S/C16H22N4OS/c1-4-20(13(3)21)16-17-14(11-22-16)10-19-9-8-18-7-5-6-15(18)12(19)2/h5-7,11-12H,4,8-10H2,1-3H3/t12-/m0/s1. The van der Waals surface area contributed by atoms with Crippen LogP contribution in [-0.4, -0.2) is 33.4 Å². The molecule has 1 aliphatic heterocycles. The maximum Gasteiger partial charge on any atom is 0.225 e. The predicted molar refractivity (Wildman–Crippen MR) is 89.1 cm³/mol. The molecule has 0 spiro atoms. The fraction of sp³-hybridized carbons (Fsp3) is 0.500. The minimum absolute atomic E-state index is 0.0487. The highest BCUT2D eigenvalue weighted by molar-refractivity contribution is 7.14. The van der Waals surface area contributed by atoms with E-state index in [1.54, 1.807) is 23.2 Å². The number of hydrogen-bond acceptors (Lipinski definition) is 4. The summed E-state index contributed by atoms with van der Waals surface area (Å²) in [6.45, 7) is 9.35. The van der Waals surface area contributed by atoms with Crippen LogP contribution in [0.4, 0.5) is 5.13 Å². The smallest absolute Gasteiger partial charge is 0.225 e. The first-order valence-electron chi connectivity index (χ1n) is 7.71. The second kappa shape index (κ2) is 6.22. The lowest BCUT2D eigenvalue weighted by molar-refractivity contribution is -0.116. The number of hydrogen-bond donors (Lipinski definition) is 0. The van der Waals surface area contributed by atoms with Crippen molar-refractivity contribution in [3.05, 3.63) is 35.1 Å². The first-order valence-corrected chi connectivity index (χ1v) is 8.59. The van der Waals surface area contributed by atoms with E-state index in [1.165, 1.54) is 5.69 Å². The zero-order chi connectivity index (χ0) is 15.7. The minimum atomic E-state index is 0.0487. The molecule has 2 aromatic heterocycles. The molecule has 6 heteroatoms. The van der Waals surface area contributed by atoms with Crippen molar-refractivity contribution >= 4 is 22.4 Å². The largest absolute Gasteiger partial charge is 0.349 e. The zero-order valence-electron chi connectivity index (χ0n) is 13.3. The van der Waals surface area contributed by atoms with E-state index in [4.69, 9.17) is 0 Å². The average Bonchev–Trinajstić information content (AvgIpc) is 3.12. The summed E-state index contributed by atoms with van der Waals surface area (Å²) in [6.07, 6.45) is 2.15. The van der Waals surface area contributed by atoms with E-state index in [-0.39, 0.29) is 5.91 Å². The van der Waals surface area contributed by atoms with Crippen LogP contribution in [0.3, 0.4) is 0 Å². The molecular weight excluding hydrogens is 296 g/mol. The van der Waals surface area contributed by atoms with E-state index >= 15 is 0 Å². The van der Waals surface area contributed by atoms with Crippen LogP contribution in [0.5, 0.6) is 0 Å². The average molecular weight is 318 g/mol. The van der Waals surface area contributed by atoms with E-state index < -0.39 is 0 Å². The molecule has 0 unspecified atom stereocenters. The van der Waals surface area contributed by atoms with E-state index in [9.17, 15) is 4.79 Å². The molecule has 2 aromatic rings. The summed E-state index contributed by atoms with van der Waals surface area (Å²) in [6, 6.07) is 4.70. The van der Waals surface area contributed by atoms with E-state index in [2.05, 4.69) is 45.1 Å². The van der Waals surface area contributed by atoms with Crippen LogP contribution in [0.25, 0.3) is 0 Å². The van der Waals surface area contributed by atoms with Gasteiger partial charge in [-0.25, -0.2) is 4.98 Å². The van der Waals surface area contributed by atoms with E-state index in [0.29, 0.717) is 12.6 Å². The van der Waals surface area contributed by atoms with Crippen molar-refractivity contribution in [3.8, 4) is 0 Å². The summed E-state index contributed by atoms with van der Waals surface area (Å²) in [5.74, 6) is 0.0487. The van der Waals surface area contributed by atoms with Gasteiger partial charge in [0.2, 0.25) is 5.91 Å². The molecule has 0 aromatic carbocycles. The number of rotatable bonds is 4. The Hall–Kier alpha value is -1.66. The molecule has 0 fully saturated rings. The number of aromatic nitrogens is 2. The van der Waals surface area contributed by atoms with Crippen molar-refractivity contribution in [1.29, 1.82) is 0 Å². The molecule has 0 radical (unpaired) electrons. The summed E-state index contributed by atoms with van der Waals surface area (Å²) in [7, 11) is 0. The fourth-order valence-corrected chi connectivity index (χ4v) is 3.96. The summed E-state index contributed by atoms with van der Waals surface area (Å²) in [4.78, 5) is 20.4. The van der Waals surface area contributed by atoms with Gasteiger partial charge in [0, 0.05) is 56.4 Å². The Bertz CT molecular complexity index is 663. The highest BCUT2D eigenvalue weighted by Crippen LogP contribution is 2.28. The number of carbonyl (C=O) groups is 1. The van der Waals surface area contributed by atoms with Crippen molar-refractivity contribution < 1.29 is 4.79 Å². The van der Waals surface area contributed by atoms with E-state index in [1.807, 2.05) is 6.92 Å². The first-order chi connectivity index (χ1) is 10.6. The normalized spacial score (nSPS) is 18.2. The number of carbonyl (C=O) groups excluding carboxylic acids is 1. The second-order valence-corrected chi connectivity index (χ2v) is 6.49. The Morgan fingerprint density at radius 3 is 3.05 bits per heavy atom. The molecule has 0 aliphatic carbocycles. The van der Waals surface area contributed by atoms with E-state index in [0.717, 1.165) is 30.5 Å². The van der Waals surface area contributed by atoms with Gasteiger partial charge in [0.1, 0.15) is 0 Å². The van der Waals surface area contributed by atoms with Crippen LogP contribution < -0.4 is 4.90 Å². The highest BCUT2D eigenvalue weighted by Gasteiger charge is 2.24. The predicted octanol–water partition coefficient (Wildman–Crippen LogP) is 2.89. The molecule has 5 nitrogen and oxygen atoms in total. The summed E-state index contributed by atoms with van der Waals surface area (Å²) < 4.78 is 2.32. The third-order valence-corrected chi connectivity index (χ3v) is 5.21. The lowest BCUT2D eigenvalue weighted by Gasteiger charge is -2.34. The van der Waals surface area contributed by atoms with Crippen LogP contribution in [0, 0.1) is 0 Å². The molecular formula is C16H22N4OS. The van der Waals surface area contributed by atoms with Gasteiger partial charge in [0.15, 0.2) is 5.13 Å². The van der Waals surface area contributed by atoms with Gasteiger partial charge in [0.05, 0.1) is 5.69 Å². The lowest BCUT2D eigenvalue weighted by Crippen LogP contribution is -2.36. The molecule has 1 aliphatic rings. The summed E-state index contributed by atoms with van der Waals surface area (Å²) in [5, 5.41) is 2.87. The Labute approximate surface area is 135 Å². The van der Waals surface area contributed by atoms with Crippen LogP contribution in [-0.2, 0) is 17.9 Å². The minimum Gasteiger partial charge on any atom is -0.349 e. The van der Waals surface area contributed by atoms with Gasteiger partial charge in [-0.3, -0.25) is 14.6 Å². The van der Waals surface area contributed by atoms with Gasteiger partial charge in [-0.2, -0.15) is 0 Å². The molecule has 1 amide bonds. The molecule has 3 heterocycles. The highest BCUT2D eigenvalue weighted by atomic mass is 32.1. The molecule has 0 bridgehead atoms. The van der Waals surface area contributed by atoms with Crippen molar-refractivity contribution in [3.63, 3.8) is 0 Å². The number of fused-ring (bicyclic) bond motifs is 1. The SMILES string of the molecule is CCN(C(C)=O)c1nc(CN2CCn3cccc3[C@@H]2C)cs1. The van der Waals surface area contributed by atoms with Gasteiger partial charge in [-0.05, 0) is 26.0 Å². The van der Waals surface area contributed by atoms with Crippen molar-refractivity contribution in [2.24, 2.45) is 0 Å². The van der Waals surface area contributed by atoms with Crippen molar-refractivity contribution in [2.75, 3.05) is 18.0 Å². The lowest BCUT2D eigenvalue weighted by atomic mass is 10.1. The molecule has 3 rings (SSSR count). The number of amides is 1. The maximum absolute atomic E-state index is 11.6. The van der Waals surface area contributed by atoms with Crippen molar-refractivity contribution in [2.45, 2.75) is 39.9 Å². The molecule has 0 N–H and O–H groups in total. The maximum atomic E-state index is 11.6. The Balaban J connectivity index is 1.72. The fourth-order valence-electron chi connectivity index (χ4n) is 3.04. The summed E-state index contributed by atoms with van der Waals surface area (Å²) >= 11 is 1.55. The molecule has 22 heavy (non-hydrogen) atoms. The topological polar surface area (TPSA) is 41.4 Å². The number of nitrogens with zero attached hydrogens (tertiary/aromatic N) is 4. The first kappa shape index (κ1) is 15.2. The third-order valence-electron chi connectivity index (χ3n) is 4.30. The number of anilines is 1. The van der Waals surface area contributed by atoms with Crippen LogP contribution in [0.15, 0.2) is 23.7 Å². The molecule has 0 saturated carbocycles. The van der Waals surface area contributed by atoms with Gasteiger partial charge in [-0.1, -0.05) is 0 Å². The monoisotopic (exact) mass is 318 g/mol. The molecule has 118 valence electrons. The van der Waals surface area contributed by atoms with Gasteiger partial charge < -0.3 is 4.57 Å². The third kappa shape index (κ3) is 2.80. The Morgan fingerprint density at radius 2 is 2.32 bits per heavy atom. The quantitative estimate of drug-likeness (QED) is 0.870. The van der Waals surface area contributed by atoms with Crippen molar-refractivity contribution in [1.82, 2.24) is 14.5 Å². The second-order valence-electron chi connectivity index (χ2n) is 5.66. The van der Waals surface area contributed by atoms with Crippen LogP contribution in [0.2, 0.25) is 0 Å². The Morgan fingerprint density at radius 1 is 1.50 bits per heavy atom. The summed E-state index contributed by atoms with van der Waals surface area (Å²) in [5.41, 5.74) is 2.41. The van der Waals surface area contributed by atoms with Crippen LogP contribution >= 0.6 is 11.3 Å². The Kier molecular flexibility index (Phi) is 4.31. The van der Waals surface area contributed by atoms with Gasteiger partial charge in [-0.15, -0.1) is 11.3 Å². The molecule has 0 saturated heterocycles. The van der Waals surface area contributed by atoms with Gasteiger partial charge in [0.25, 0.3) is 0 Å². The zero-order valence-corrected chi connectivity index (χ0v) is 14.1. The molecule has 1 atom stereocenters. The van der Waals surface area contributed by atoms with Crippen LogP contribution in [0.1, 0.15) is 38.2 Å². The number of thiazole rings is 1.